The van der Waals surface area contributed by atoms with Crippen molar-refractivity contribution < 1.29 is 14.6 Å². The first-order chi connectivity index (χ1) is 15.0. The highest BCUT2D eigenvalue weighted by atomic mass is 32.2. The summed E-state index contributed by atoms with van der Waals surface area (Å²) in [5.74, 6) is 3.28. The van der Waals surface area contributed by atoms with E-state index in [1.54, 1.807) is 5.57 Å². The Morgan fingerprint density at radius 1 is 1.23 bits per heavy atom. The van der Waals surface area contributed by atoms with E-state index in [-0.39, 0.29) is 5.41 Å². The summed E-state index contributed by atoms with van der Waals surface area (Å²) in [6.07, 6.45) is 9.22. The number of ether oxygens (including phenoxy) is 1. The largest absolute Gasteiger partial charge is 0.501 e. The topological polar surface area (TPSA) is 46.5 Å². The molecule has 0 radical (unpaired) electrons. The van der Waals surface area contributed by atoms with Gasteiger partial charge in [-0.05, 0) is 66.4 Å². The van der Waals surface area contributed by atoms with E-state index >= 15 is 0 Å². The minimum absolute atomic E-state index is 0.0791. The third-order valence-corrected chi connectivity index (χ3v) is 9.91. The van der Waals surface area contributed by atoms with Gasteiger partial charge in [0.2, 0.25) is 0 Å². The average Bonchev–Trinajstić information content (AvgIpc) is 3.07. The van der Waals surface area contributed by atoms with Crippen molar-refractivity contribution in [3.05, 3.63) is 58.4 Å². The summed E-state index contributed by atoms with van der Waals surface area (Å²) in [4.78, 5) is 11.2. The molecule has 2 unspecified atom stereocenters. The molecule has 4 aliphatic rings. The maximum absolute atomic E-state index is 11.9. The molecule has 31 heavy (non-hydrogen) atoms. The van der Waals surface area contributed by atoms with E-state index in [0.717, 1.165) is 68.5 Å². The van der Waals surface area contributed by atoms with E-state index in [9.17, 15) is 9.90 Å². The number of aldehydes is 1. The number of benzene rings is 1. The molecule has 0 saturated heterocycles. The van der Waals surface area contributed by atoms with Gasteiger partial charge in [-0.3, -0.25) is 4.79 Å². The van der Waals surface area contributed by atoms with Gasteiger partial charge in [-0.25, -0.2) is 0 Å². The number of hydrogen-bond acceptors (Lipinski definition) is 4. The molecule has 5 rings (SSSR count). The van der Waals surface area contributed by atoms with Crippen molar-refractivity contribution in [3.63, 3.8) is 0 Å². The first-order valence-electron chi connectivity index (χ1n) is 11.9. The molecule has 1 heterocycles. The van der Waals surface area contributed by atoms with Crippen LogP contribution < -0.4 is 0 Å². The van der Waals surface area contributed by atoms with Crippen LogP contribution in [0.5, 0.6) is 0 Å². The quantitative estimate of drug-likeness (QED) is 0.582. The summed E-state index contributed by atoms with van der Waals surface area (Å²) in [6.45, 7) is 5.33. The molecule has 0 spiro atoms. The molecule has 3 nitrogen and oxygen atoms in total. The average molecular weight is 439 g/mol. The van der Waals surface area contributed by atoms with E-state index in [2.05, 4.69) is 26.0 Å². The lowest BCUT2D eigenvalue weighted by Gasteiger charge is -2.55. The minimum atomic E-state index is -0.596. The molecule has 166 valence electrons. The summed E-state index contributed by atoms with van der Waals surface area (Å²) in [7, 11) is 0. The fraction of sp³-hybridized carbons (Fsp3) is 0.593. The zero-order valence-electron chi connectivity index (χ0n) is 18.7. The lowest BCUT2D eigenvalue weighted by molar-refractivity contribution is -0.0759. The standard InChI is InChI=1S/C27H34O3S/c1-3-31-17-27(29)12-10-24-22-9-8-20-16-30-13-11-21(20)25(22)23(14-26(24,27)2)19-6-4-18(15-28)5-7-19/h4-7,15-16,22-24,29H,3,8-14,17H2,1-2H3/t22?,23-,24?,26+,27-/m1/s1. The molecule has 2 saturated carbocycles. The Kier molecular flexibility index (Phi) is 5.58. The SMILES string of the molecule is CCSC[C@]1(O)CCC2C3CCC4=COCCC4=C3[C@@H](c3ccc(C=O)cc3)C[C@@]21C. The Bertz CT molecular complexity index is 917. The molecule has 1 aromatic rings. The highest BCUT2D eigenvalue weighted by molar-refractivity contribution is 7.99. The highest BCUT2D eigenvalue weighted by Gasteiger charge is 2.62. The Morgan fingerprint density at radius 2 is 2.03 bits per heavy atom. The number of hydrogen-bond donors (Lipinski definition) is 1. The van der Waals surface area contributed by atoms with E-state index in [0.29, 0.717) is 17.8 Å². The van der Waals surface area contributed by atoms with Crippen molar-refractivity contribution in [2.45, 2.75) is 63.9 Å². The summed E-state index contributed by atoms with van der Waals surface area (Å²) >= 11 is 1.88. The van der Waals surface area contributed by atoms with Crippen LogP contribution in [-0.4, -0.2) is 35.1 Å². The molecular weight excluding hydrogens is 404 g/mol. The van der Waals surface area contributed by atoms with Crippen LogP contribution in [0.4, 0.5) is 0 Å². The zero-order chi connectivity index (χ0) is 21.6. The molecule has 4 heteroatoms. The third kappa shape index (κ3) is 3.33. The van der Waals surface area contributed by atoms with Gasteiger partial charge in [0.15, 0.2) is 0 Å². The summed E-state index contributed by atoms with van der Waals surface area (Å²) in [5.41, 5.74) is 5.89. The second-order valence-electron chi connectivity index (χ2n) is 10.1. The lowest BCUT2D eigenvalue weighted by atomic mass is 9.51. The van der Waals surface area contributed by atoms with Crippen LogP contribution in [0.3, 0.4) is 0 Å². The summed E-state index contributed by atoms with van der Waals surface area (Å²) in [5, 5.41) is 11.9. The van der Waals surface area contributed by atoms with Crippen LogP contribution >= 0.6 is 11.8 Å². The van der Waals surface area contributed by atoms with E-state index in [4.69, 9.17) is 4.74 Å². The monoisotopic (exact) mass is 438 g/mol. The molecule has 3 aliphatic carbocycles. The molecule has 1 aliphatic heterocycles. The van der Waals surface area contributed by atoms with E-state index < -0.39 is 5.60 Å². The Balaban J connectivity index is 1.63. The number of thioether (sulfide) groups is 1. The molecule has 0 amide bonds. The predicted molar refractivity (Wildman–Crippen MR) is 126 cm³/mol. The number of carbonyl (C=O) groups is 1. The highest BCUT2D eigenvalue weighted by Crippen LogP contribution is 2.67. The van der Waals surface area contributed by atoms with E-state index in [1.807, 2.05) is 30.2 Å². The Morgan fingerprint density at radius 3 is 2.77 bits per heavy atom. The summed E-state index contributed by atoms with van der Waals surface area (Å²) < 4.78 is 5.70. The van der Waals surface area contributed by atoms with Crippen LogP contribution in [0.25, 0.3) is 0 Å². The van der Waals surface area contributed by atoms with Crippen molar-refractivity contribution in [2.75, 3.05) is 18.1 Å². The van der Waals surface area contributed by atoms with Gasteiger partial charge in [0.1, 0.15) is 6.29 Å². The van der Waals surface area contributed by atoms with Crippen LogP contribution in [0.2, 0.25) is 0 Å². The van der Waals surface area contributed by atoms with Crippen molar-refractivity contribution in [3.8, 4) is 0 Å². The molecule has 5 atom stereocenters. The number of fused-ring (bicyclic) bond motifs is 4. The van der Waals surface area contributed by atoms with Gasteiger partial charge in [-0.15, -0.1) is 0 Å². The molecule has 1 N–H and O–H groups in total. The molecule has 0 aromatic heterocycles. The first kappa shape index (κ1) is 21.3. The van der Waals surface area contributed by atoms with Crippen LogP contribution in [0, 0.1) is 17.3 Å². The van der Waals surface area contributed by atoms with Crippen LogP contribution in [-0.2, 0) is 4.74 Å². The van der Waals surface area contributed by atoms with Gasteiger partial charge in [-0.2, -0.15) is 11.8 Å². The van der Waals surface area contributed by atoms with E-state index in [1.165, 1.54) is 16.7 Å². The molecule has 2 fully saturated rings. The zero-order valence-corrected chi connectivity index (χ0v) is 19.5. The van der Waals surface area contributed by atoms with Crippen LogP contribution in [0.1, 0.15) is 74.2 Å². The number of allylic oxidation sites excluding steroid dienone is 2. The maximum Gasteiger partial charge on any atom is 0.150 e. The van der Waals surface area contributed by atoms with Gasteiger partial charge in [0, 0.05) is 29.1 Å². The first-order valence-corrected chi connectivity index (χ1v) is 13.1. The third-order valence-electron chi connectivity index (χ3n) is 8.82. The number of carbonyl (C=O) groups excluding carboxylic acids is 1. The maximum atomic E-state index is 11.9. The molecule has 1 aromatic carbocycles. The van der Waals surface area contributed by atoms with Gasteiger partial charge in [0.05, 0.1) is 18.5 Å². The van der Waals surface area contributed by atoms with Gasteiger partial charge in [0.25, 0.3) is 0 Å². The van der Waals surface area contributed by atoms with Crippen LogP contribution in [0.15, 0.2) is 47.2 Å². The number of rotatable bonds is 5. The van der Waals surface area contributed by atoms with Crippen molar-refractivity contribution in [2.24, 2.45) is 17.3 Å². The van der Waals surface area contributed by atoms with Crippen molar-refractivity contribution >= 4 is 18.0 Å². The fourth-order valence-electron chi connectivity index (χ4n) is 7.15. The Labute approximate surface area is 190 Å². The molecular formula is C27H34O3S. The number of aliphatic hydroxyl groups is 1. The Hall–Kier alpha value is -1.52. The summed E-state index contributed by atoms with van der Waals surface area (Å²) in [6, 6.07) is 8.20. The van der Waals surface area contributed by atoms with Gasteiger partial charge < -0.3 is 9.84 Å². The smallest absolute Gasteiger partial charge is 0.150 e. The van der Waals surface area contributed by atoms with Crippen molar-refractivity contribution in [1.29, 1.82) is 0 Å². The predicted octanol–water partition coefficient (Wildman–Crippen LogP) is 5.90. The van der Waals surface area contributed by atoms with Gasteiger partial charge in [-0.1, -0.05) is 43.7 Å². The second-order valence-corrected chi connectivity index (χ2v) is 11.4. The normalized spacial score (nSPS) is 36.7. The van der Waals surface area contributed by atoms with Gasteiger partial charge >= 0.3 is 0 Å². The fourth-order valence-corrected chi connectivity index (χ4v) is 8.16. The second kappa shape index (κ2) is 8.12. The van der Waals surface area contributed by atoms with Crippen molar-refractivity contribution in [1.82, 2.24) is 0 Å². The molecule has 0 bridgehead atoms. The minimum Gasteiger partial charge on any atom is -0.501 e. The lowest BCUT2D eigenvalue weighted by Crippen LogP contribution is -2.53.